The van der Waals surface area contributed by atoms with E-state index in [1.165, 1.54) is 14.2 Å². The number of hydrogen-bond acceptors (Lipinski definition) is 6. The highest BCUT2D eigenvalue weighted by Crippen LogP contribution is 2.23. The van der Waals surface area contributed by atoms with Crippen LogP contribution in [-0.2, 0) is 14.3 Å². The zero-order valence-electron chi connectivity index (χ0n) is 19.3. The van der Waals surface area contributed by atoms with Crippen molar-refractivity contribution in [2.75, 3.05) is 47.0 Å². The van der Waals surface area contributed by atoms with Gasteiger partial charge in [-0.3, -0.25) is 14.4 Å². The lowest BCUT2D eigenvalue weighted by atomic mass is 10.0. The first kappa shape index (κ1) is 23.8. The molecule has 0 spiro atoms. The van der Waals surface area contributed by atoms with Gasteiger partial charge in [-0.25, -0.2) is 0 Å². The highest BCUT2D eigenvalue weighted by molar-refractivity contribution is 5.98. The van der Waals surface area contributed by atoms with Gasteiger partial charge in [0.1, 0.15) is 23.6 Å². The van der Waals surface area contributed by atoms with E-state index in [4.69, 9.17) is 14.2 Å². The maximum atomic E-state index is 13.2. The van der Waals surface area contributed by atoms with Gasteiger partial charge in [0.2, 0.25) is 5.91 Å². The van der Waals surface area contributed by atoms with Crippen molar-refractivity contribution in [1.82, 2.24) is 15.1 Å². The average molecular weight is 448 g/mol. The average Bonchev–Trinajstić information content (AvgIpc) is 3.36. The van der Waals surface area contributed by atoms with Crippen LogP contribution in [0, 0.1) is 5.92 Å². The van der Waals surface area contributed by atoms with Crippen molar-refractivity contribution < 1.29 is 28.6 Å². The molecular formula is C23H33N3O6. The topological polar surface area (TPSA) is 97.4 Å². The molecule has 3 amide bonds. The van der Waals surface area contributed by atoms with Crippen LogP contribution in [0.1, 0.15) is 37.0 Å². The molecule has 0 bridgehead atoms. The van der Waals surface area contributed by atoms with Crippen LogP contribution in [0.5, 0.6) is 11.5 Å². The van der Waals surface area contributed by atoms with Gasteiger partial charge in [-0.2, -0.15) is 0 Å². The summed E-state index contributed by atoms with van der Waals surface area (Å²) in [6, 6.07) is 4.21. The zero-order valence-corrected chi connectivity index (χ0v) is 19.3. The molecule has 1 aromatic carbocycles. The molecule has 2 atom stereocenters. The van der Waals surface area contributed by atoms with Crippen molar-refractivity contribution in [2.45, 2.75) is 38.8 Å². The second kappa shape index (κ2) is 10.7. The van der Waals surface area contributed by atoms with Crippen LogP contribution >= 0.6 is 0 Å². The molecule has 2 heterocycles. The molecule has 2 aliphatic heterocycles. The minimum Gasteiger partial charge on any atom is -0.497 e. The lowest BCUT2D eigenvalue weighted by Crippen LogP contribution is -2.58. The first-order valence-electron chi connectivity index (χ1n) is 11.1. The van der Waals surface area contributed by atoms with Crippen LogP contribution in [0.25, 0.3) is 0 Å². The first-order chi connectivity index (χ1) is 15.3. The standard InChI is InChI=1S/C23H33N3O6/c1-15(2)20(24-21(27)16-12-17(30-3)14-18(13-16)31-4)23(29)26-9-7-25(8-10-26)22(28)19-6-5-11-32-19/h12-15,19-20H,5-11H2,1-4H3,(H,24,27). The number of ether oxygens (including phenoxy) is 3. The third kappa shape index (κ3) is 5.51. The lowest BCUT2D eigenvalue weighted by Gasteiger charge is -2.38. The number of hydrogen-bond donors (Lipinski definition) is 1. The van der Waals surface area contributed by atoms with Gasteiger partial charge in [0.25, 0.3) is 11.8 Å². The van der Waals surface area contributed by atoms with Crippen molar-refractivity contribution in [3.05, 3.63) is 23.8 Å². The van der Waals surface area contributed by atoms with Gasteiger partial charge in [-0.05, 0) is 30.9 Å². The maximum Gasteiger partial charge on any atom is 0.252 e. The third-order valence-electron chi connectivity index (χ3n) is 5.94. The Balaban J connectivity index is 1.62. The largest absolute Gasteiger partial charge is 0.497 e. The van der Waals surface area contributed by atoms with Gasteiger partial charge in [0.05, 0.1) is 14.2 Å². The molecule has 1 aromatic rings. The quantitative estimate of drug-likeness (QED) is 0.677. The normalized spacial score (nSPS) is 19.6. The molecule has 0 aromatic heterocycles. The summed E-state index contributed by atoms with van der Waals surface area (Å²) in [5, 5.41) is 2.87. The van der Waals surface area contributed by atoms with Crippen molar-refractivity contribution in [1.29, 1.82) is 0 Å². The van der Waals surface area contributed by atoms with E-state index in [1.54, 1.807) is 28.0 Å². The van der Waals surface area contributed by atoms with Gasteiger partial charge < -0.3 is 29.3 Å². The summed E-state index contributed by atoms with van der Waals surface area (Å²) in [6.45, 7) is 6.22. The van der Waals surface area contributed by atoms with Crippen LogP contribution in [0.3, 0.4) is 0 Å². The molecule has 9 nitrogen and oxygen atoms in total. The number of nitrogens with one attached hydrogen (secondary N) is 1. The van der Waals surface area contributed by atoms with E-state index in [9.17, 15) is 14.4 Å². The number of piperazine rings is 1. The fourth-order valence-electron chi connectivity index (χ4n) is 4.00. The Kier molecular flexibility index (Phi) is 7.95. The Hall–Kier alpha value is -2.81. The molecule has 176 valence electrons. The summed E-state index contributed by atoms with van der Waals surface area (Å²) in [4.78, 5) is 42.2. The Morgan fingerprint density at radius 1 is 1.00 bits per heavy atom. The van der Waals surface area contributed by atoms with Crippen molar-refractivity contribution in [3.8, 4) is 11.5 Å². The Labute approximate surface area is 189 Å². The van der Waals surface area contributed by atoms with Crippen LogP contribution in [0.4, 0.5) is 0 Å². The maximum absolute atomic E-state index is 13.2. The third-order valence-corrected chi connectivity index (χ3v) is 5.94. The van der Waals surface area contributed by atoms with E-state index < -0.39 is 6.04 Å². The molecule has 2 saturated heterocycles. The van der Waals surface area contributed by atoms with E-state index >= 15 is 0 Å². The van der Waals surface area contributed by atoms with Crippen LogP contribution in [0.15, 0.2) is 18.2 Å². The van der Waals surface area contributed by atoms with Crippen molar-refractivity contribution in [2.24, 2.45) is 5.92 Å². The summed E-state index contributed by atoms with van der Waals surface area (Å²) in [5.74, 6) is 0.373. The van der Waals surface area contributed by atoms with E-state index in [1.807, 2.05) is 13.8 Å². The van der Waals surface area contributed by atoms with Gasteiger partial charge in [0, 0.05) is 44.4 Å². The summed E-state index contributed by atoms with van der Waals surface area (Å²) in [5.41, 5.74) is 0.353. The monoisotopic (exact) mass is 447 g/mol. The van der Waals surface area contributed by atoms with Gasteiger partial charge in [-0.1, -0.05) is 13.8 Å². The van der Waals surface area contributed by atoms with Gasteiger partial charge in [0.15, 0.2) is 0 Å². The number of amides is 3. The zero-order chi connectivity index (χ0) is 23.3. The van der Waals surface area contributed by atoms with E-state index in [0.29, 0.717) is 49.8 Å². The molecule has 9 heteroatoms. The minimum absolute atomic E-state index is 0.00952. The molecule has 32 heavy (non-hydrogen) atoms. The molecule has 0 saturated carbocycles. The second-order valence-corrected chi connectivity index (χ2v) is 8.45. The molecule has 2 aliphatic rings. The van der Waals surface area contributed by atoms with E-state index in [-0.39, 0.29) is 29.7 Å². The highest BCUT2D eigenvalue weighted by Gasteiger charge is 2.34. The summed E-state index contributed by atoms with van der Waals surface area (Å²) in [7, 11) is 3.03. The summed E-state index contributed by atoms with van der Waals surface area (Å²) < 4.78 is 16.0. The molecule has 0 radical (unpaired) electrons. The number of benzene rings is 1. The molecule has 2 unspecified atom stereocenters. The Morgan fingerprint density at radius 2 is 1.59 bits per heavy atom. The smallest absolute Gasteiger partial charge is 0.252 e. The van der Waals surface area contributed by atoms with Crippen LogP contribution in [0.2, 0.25) is 0 Å². The van der Waals surface area contributed by atoms with Gasteiger partial charge in [-0.15, -0.1) is 0 Å². The summed E-state index contributed by atoms with van der Waals surface area (Å²) >= 11 is 0. The summed E-state index contributed by atoms with van der Waals surface area (Å²) in [6.07, 6.45) is 1.32. The predicted molar refractivity (Wildman–Crippen MR) is 118 cm³/mol. The molecule has 0 aliphatic carbocycles. The first-order valence-corrected chi connectivity index (χ1v) is 11.1. The number of carbonyl (C=O) groups excluding carboxylic acids is 3. The van der Waals surface area contributed by atoms with Gasteiger partial charge >= 0.3 is 0 Å². The molecule has 3 rings (SSSR count). The fourth-order valence-corrected chi connectivity index (χ4v) is 4.00. The Morgan fingerprint density at radius 3 is 2.09 bits per heavy atom. The van der Waals surface area contributed by atoms with Crippen molar-refractivity contribution >= 4 is 17.7 Å². The van der Waals surface area contributed by atoms with E-state index in [2.05, 4.69) is 5.32 Å². The predicted octanol–water partition coefficient (Wildman–Crippen LogP) is 1.31. The molecule has 2 fully saturated rings. The SMILES string of the molecule is COc1cc(OC)cc(C(=O)NC(C(=O)N2CCN(C(=O)C3CCCO3)CC2)C(C)C)c1. The number of methoxy groups -OCH3 is 2. The molecule has 1 N–H and O–H groups in total. The van der Waals surface area contributed by atoms with Crippen molar-refractivity contribution in [3.63, 3.8) is 0 Å². The fraction of sp³-hybridized carbons (Fsp3) is 0.609. The number of rotatable bonds is 7. The van der Waals surface area contributed by atoms with Crippen LogP contribution < -0.4 is 14.8 Å². The minimum atomic E-state index is -0.680. The highest BCUT2D eigenvalue weighted by atomic mass is 16.5. The lowest BCUT2D eigenvalue weighted by molar-refractivity contribution is -0.146. The molecular weight excluding hydrogens is 414 g/mol. The number of nitrogens with zero attached hydrogens (tertiary/aromatic N) is 2. The van der Waals surface area contributed by atoms with Crippen LogP contribution in [-0.4, -0.2) is 86.7 Å². The van der Waals surface area contributed by atoms with E-state index in [0.717, 1.165) is 12.8 Å². The Bertz CT molecular complexity index is 807. The number of carbonyl (C=O) groups is 3. The second-order valence-electron chi connectivity index (χ2n) is 8.45.